The molecule has 3 amide bonds. The molecule has 0 atom stereocenters. The number of hydrogen-bond donors (Lipinski definition) is 4. The Balaban J connectivity index is 0.000000161. The molecule has 316 valence electrons. The zero-order chi connectivity index (χ0) is 42.6. The van der Waals surface area contributed by atoms with Crippen LogP contribution in [0.15, 0.2) is 97.6 Å². The minimum atomic E-state index is -0.312. The highest BCUT2D eigenvalue weighted by atomic mass is 16.5. The van der Waals surface area contributed by atoms with Crippen LogP contribution in [0.3, 0.4) is 0 Å². The maximum Gasteiger partial charge on any atom is 0.276 e. The molecule has 3 aliphatic rings. The van der Waals surface area contributed by atoms with Crippen LogP contribution in [-0.2, 0) is 20.7 Å². The number of carbonyl (C=O) groups excluding carboxylic acids is 3. The first-order valence-corrected chi connectivity index (χ1v) is 20.6. The monoisotopic (exact) mass is 835 g/mol. The van der Waals surface area contributed by atoms with Crippen LogP contribution in [0, 0.1) is 0 Å². The number of nitrogens with zero attached hydrogens (tertiary/aromatic N) is 8. The lowest BCUT2D eigenvalue weighted by Crippen LogP contribution is -2.37. The highest BCUT2D eigenvalue weighted by Crippen LogP contribution is 2.34. The number of phenolic OH excluding ortho intramolecular Hbond substituents is 1. The quantitative estimate of drug-likeness (QED) is 0.151. The first kappa shape index (κ1) is 40.1. The summed E-state index contributed by atoms with van der Waals surface area (Å²) in [6.07, 6.45) is 8.22. The Morgan fingerprint density at radius 2 is 1.31 bits per heavy atom. The highest BCUT2D eigenvalue weighted by molar-refractivity contribution is 6.08. The van der Waals surface area contributed by atoms with Gasteiger partial charge >= 0.3 is 0 Å². The van der Waals surface area contributed by atoms with Gasteiger partial charge in [0.15, 0.2) is 34.3 Å². The van der Waals surface area contributed by atoms with Crippen LogP contribution >= 0.6 is 0 Å². The number of phenols is 1. The maximum atomic E-state index is 13.4. The second kappa shape index (κ2) is 17.7. The number of nitrogens with one attached hydrogen (secondary N) is 3. The molecule has 0 spiro atoms. The van der Waals surface area contributed by atoms with Crippen molar-refractivity contribution in [1.82, 2.24) is 34.1 Å². The van der Waals surface area contributed by atoms with Crippen LogP contribution in [0.2, 0.25) is 0 Å². The van der Waals surface area contributed by atoms with Gasteiger partial charge in [-0.1, -0.05) is 31.2 Å². The van der Waals surface area contributed by atoms with Gasteiger partial charge in [-0.05, 0) is 60.5 Å². The Hall–Kier alpha value is -7.37. The van der Waals surface area contributed by atoms with Gasteiger partial charge in [-0.3, -0.25) is 23.2 Å². The zero-order valence-electron chi connectivity index (χ0n) is 34.1. The maximum absolute atomic E-state index is 13.4. The van der Waals surface area contributed by atoms with Crippen molar-refractivity contribution in [3.63, 3.8) is 0 Å². The third-order valence-corrected chi connectivity index (χ3v) is 10.8. The Labute approximate surface area is 356 Å². The van der Waals surface area contributed by atoms with Crippen molar-refractivity contribution >= 4 is 52.0 Å². The number of imidazole rings is 2. The van der Waals surface area contributed by atoms with Gasteiger partial charge in [-0.15, -0.1) is 0 Å². The standard InChI is InChI=1S/C25H22N6O3.C20H23N5O3/c32-20-15-17-14-16(6-7-19(17)28-20)22-21(25(33)27-18-4-2-1-3-5-18)29-24-23(26-8-9-31(22)24)30-10-12-34-13-11-30;1-2-7-22-20(27)16-17(14-3-5-15(26)6-4-14)25-9-8-21-18(19(25)23-16)24-10-12-28-13-11-24/h1-9,14H,10-13,15H2,(H,27,33)(H,28,32);3-6,8-9,26H,2,7,10-13H2,1H3,(H,22,27). The van der Waals surface area contributed by atoms with E-state index < -0.39 is 0 Å². The van der Waals surface area contributed by atoms with Crippen molar-refractivity contribution < 1.29 is 29.0 Å². The van der Waals surface area contributed by atoms with Crippen molar-refractivity contribution in [2.45, 2.75) is 19.8 Å². The number of aromatic hydroxyl groups is 1. The molecule has 17 nitrogen and oxygen atoms in total. The summed E-state index contributed by atoms with van der Waals surface area (Å²) in [5.74, 6) is 1.05. The van der Waals surface area contributed by atoms with Gasteiger partial charge in [0.1, 0.15) is 5.75 Å². The summed E-state index contributed by atoms with van der Waals surface area (Å²) >= 11 is 0. The van der Waals surface area contributed by atoms with Crippen molar-refractivity contribution in [3.8, 4) is 28.3 Å². The molecule has 0 radical (unpaired) electrons. The number of benzene rings is 3. The number of morpholine rings is 2. The fourth-order valence-electron chi connectivity index (χ4n) is 7.82. The molecular formula is C45H45N11O6. The number of hydrogen-bond acceptors (Lipinski definition) is 12. The fourth-order valence-corrected chi connectivity index (χ4v) is 7.82. The molecule has 7 aromatic rings. The van der Waals surface area contributed by atoms with Crippen molar-refractivity contribution in [2.75, 3.05) is 79.6 Å². The second-order valence-electron chi connectivity index (χ2n) is 14.9. The van der Waals surface area contributed by atoms with E-state index in [1.165, 1.54) is 0 Å². The summed E-state index contributed by atoms with van der Waals surface area (Å²) in [7, 11) is 0. The van der Waals surface area contributed by atoms with Gasteiger partial charge < -0.3 is 40.3 Å². The highest BCUT2D eigenvalue weighted by Gasteiger charge is 2.28. The average Bonchev–Trinajstić information content (AvgIpc) is 4.02. The van der Waals surface area contributed by atoms with E-state index in [9.17, 15) is 19.5 Å². The number of ether oxygens (including phenoxy) is 2. The second-order valence-corrected chi connectivity index (χ2v) is 14.9. The predicted octanol–water partition coefficient (Wildman–Crippen LogP) is 5.06. The number of fused-ring (bicyclic) bond motifs is 3. The number of amides is 3. The van der Waals surface area contributed by atoms with Crippen LogP contribution in [0.25, 0.3) is 33.8 Å². The Kier molecular flexibility index (Phi) is 11.4. The molecule has 2 saturated heterocycles. The molecule has 0 unspecified atom stereocenters. The zero-order valence-corrected chi connectivity index (χ0v) is 34.1. The molecule has 3 aromatic carbocycles. The Morgan fingerprint density at radius 1 is 0.742 bits per heavy atom. The van der Waals surface area contributed by atoms with E-state index in [2.05, 4.69) is 40.7 Å². The predicted molar refractivity (Wildman–Crippen MR) is 234 cm³/mol. The molecule has 0 aliphatic carbocycles. The van der Waals surface area contributed by atoms with Crippen LogP contribution in [0.4, 0.5) is 23.0 Å². The van der Waals surface area contributed by atoms with Gasteiger partial charge in [0.05, 0.1) is 44.2 Å². The van der Waals surface area contributed by atoms with Crippen LogP contribution in [0.5, 0.6) is 5.75 Å². The summed E-state index contributed by atoms with van der Waals surface area (Å²) in [4.78, 5) is 61.0. The normalized spacial score (nSPS) is 14.9. The number of aromatic nitrogens is 6. The SMILES string of the molecule is CCCNC(=O)c1nc2c(N3CCOCC3)nccn2c1-c1ccc(O)cc1.O=C1Cc2cc(-c3c(C(=O)Nc4ccccc4)nc4c(N5CCOCC5)nccn34)ccc2N1. The van der Waals surface area contributed by atoms with E-state index in [1.54, 1.807) is 36.7 Å². The van der Waals surface area contributed by atoms with Gasteiger partial charge in [-0.2, -0.15) is 0 Å². The van der Waals surface area contributed by atoms with Crippen molar-refractivity contribution in [1.29, 1.82) is 0 Å². The molecule has 10 rings (SSSR count). The lowest BCUT2D eigenvalue weighted by atomic mass is 10.0. The van der Waals surface area contributed by atoms with Crippen LogP contribution in [-0.4, -0.2) is 111 Å². The molecule has 7 heterocycles. The molecule has 17 heteroatoms. The molecule has 4 aromatic heterocycles. The summed E-state index contributed by atoms with van der Waals surface area (Å²) in [6, 6.07) is 21.8. The minimum absolute atomic E-state index is 0.0360. The molecule has 0 bridgehead atoms. The molecule has 0 saturated carbocycles. The van der Waals surface area contributed by atoms with E-state index in [0.29, 0.717) is 98.1 Å². The van der Waals surface area contributed by atoms with Gasteiger partial charge in [0.25, 0.3) is 11.8 Å². The Morgan fingerprint density at radius 3 is 1.90 bits per heavy atom. The summed E-state index contributed by atoms with van der Waals surface area (Å²) in [5.41, 5.74) is 7.20. The molecular weight excluding hydrogens is 791 g/mol. The lowest BCUT2D eigenvalue weighted by molar-refractivity contribution is -0.115. The summed E-state index contributed by atoms with van der Waals surface area (Å²) < 4.78 is 14.7. The van der Waals surface area contributed by atoms with Gasteiger partial charge in [0.2, 0.25) is 5.91 Å². The van der Waals surface area contributed by atoms with E-state index in [4.69, 9.17) is 14.5 Å². The molecule has 3 aliphatic heterocycles. The molecule has 4 N–H and O–H groups in total. The summed E-state index contributed by atoms with van der Waals surface area (Å²) in [5, 5.41) is 18.4. The third kappa shape index (κ3) is 8.10. The fraction of sp³-hybridized carbons (Fsp3) is 0.267. The Bertz CT molecular complexity index is 2760. The molecule has 2 fully saturated rings. The van der Waals surface area contributed by atoms with E-state index >= 15 is 0 Å². The topological polar surface area (TPSA) is 193 Å². The van der Waals surface area contributed by atoms with Crippen LogP contribution in [0.1, 0.15) is 39.9 Å². The lowest BCUT2D eigenvalue weighted by Gasteiger charge is -2.27. The van der Waals surface area contributed by atoms with Gasteiger partial charge in [0, 0.05) is 80.0 Å². The first-order chi connectivity index (χ1) is 30.4. The average molecular weight is 836 g/mol. The van der Waals surface area contributed by atoms with E-state index in [-0.39, 0.29) is 23.5 Å². The number of carbonyl (C=O) groups is 3. The molecule has 62 heavy (non-hydrogen) atoms. The number of rotatable bonds is 9. The number of anilines is 4. The van der Waals surface area contributed by atoms with Gasteiger partial charge in [-0.25, -0.2) is 19.9 Å². The minimum Gasteiger partial charge on any atom is -0.508 e. The number of para-hydroxylation sites is 1. The van der Waals surface area contributed by atoms with Crippen molar-refractivity contribution in [3.05, 3.63) is 115 Å². The first-order valence-electron chi connectivity index (χ1n) is 20.6. The van der Waals surface area contributed by atoms with E-state index in [1.807, 2.05) is 76.6 Å². The smallest absolute Gasteiger partial charge is 0.276 e. The van der Waals surface area contributed by atoms with E-state index in [0.717, 1.165) is 47.7 Å². The summed E-state index contributed by atoms with van der Waals surface area (Å²) in [6.45, 7) is 7.95. The largest absolute Gasteiger partial charge is 0.508 e. The van der Waals surface area contributed by atoms with Crippen molar-refractivity contribution in [2.24, 2.45) is 0 Å². The third-order valence-electron chi connectivity index (χ3n) is 10.8. The van der Waals surface area contributed by atoms with Crippen LogP contribution < -0.4 is 25.8 Å².